The smallest absolute Gasteiger partial charge is 0.234 e. The van der Waals surface area contributed by atoms with Gasteiger partial charge in [-0.05, 0) is 42.5 Å². The average Bonchev–Trinajstić information content (AvgIpc) is 2.60. The summed E-state index contributed by atoms with van der Waals surface area (Å²) in [7, 11) is 3.97. The minimum Gasteiger partial charge on any atom is -0.486 e. The van der Waals surface area contributed by atoms with Gasteiger partial charge in [0.05, 0.1) is 5.75 Å². The fourth-order valence-electron chi connectivity index (χ4n) is 2.30. The van der Waals surface area contributed by atoms with E-state index in [2.05, 4.69) is 5.32 Å². The third kappa shape index (κ3) is 4.14. The van der Waals surface area contributed by atoms with Gasteiger partial charge in [0.2, 0.25) is 5.91 Å². The maximum Gasteiger partial charge on any atom is 0.234 e. The number of carbonyl (C=O) groups excluding carboxylic acids is 1. The number of thioether (sulfide) groups is 1. The number of anilines is 2. The van der Waals surface area contributed by atoms with E-state index >= 15 is 0 Å². The van der Waals surface area contributed by atoms with Crippen molar-refractivity contribution in [2.75, 3.05) is 43.3 Å². The normalized spacial score (nSPS) is 12.6. The fourth-order valence-corrected chi connectivity index (χ4v) is 3.03. The van der Waals surface area contributed by atoms with Gasteiger partial charge in [0.1, 0.15) is 13.2 Å². The summed E-state index contributed by atoms with van der Waals surface area (Å²) in [6.07, 6.45) is 0. The van der Waals surface area contributed by atoms with Crippen molar-refractivity contribution in [1.82, 2.24) is 0 Å². The summed E-state index contributed by atoms with van der Waals surface area (Å²) < 4.78 is 11.0. The molecule has 0 aliphatic carbocycles. The van der Waals surface area contributed by atoms with Crippen LogP contribution in [-0.4, -0.2) is 39.0 Å². The molecular formula is C18H20N2O3S. The first kappa shape index (κ1) is 16.5. The van der Waals surface area contributed by atoms with Gasteiger partial charge in [-0.2, -0.15) is 0 Å². The third-order valence-electron chi connectivity index (χ3n) is 3.55. The number of benzene rings is 2. The van der Waals surface area contributed by atoms with Crippen LogP contribution in [0.4, 0.5) is 11.4 Å². The molecule has 1 heterocycles. The molecular weight excluding hydrogens is 324 g/mol. The number of nitrogens with zero attached hydrogens (tertiary/aromatic N) is 1. The number of nitrogens with one attached hydrogen (secondary N) is 1. The van der Waals surface area contributed by atoms with E-state index in [0.29, 0.717) is 19.0 Å². The lowest BCUT2D eigenvalue weighted by Gasteiger charge is -2.18. The van der Waals surface area contributed by atoms with Gasteiger partial charge in [-0.15, -0.1) is 11.8 Å². The van der Waals surface area contributed by atoms with Crippen LogP contribution < -0.4 is 19.7 Å². The lowest BCUT2D eigenvalue weighted by molar-refractivity contribution is -0.113. The van der Waals surface area contributed by atoms with Gasteiger partial charge in [-0.1, -0.05) is 0 Å². The zero-order valence-electron chi connectivity index (χ0n) is 13.7. The van der Waals surface area contributed by atoms with Crippen molar-refractivity contribution in [1.29, 1.82) is 0 Å². The first-order valence-corrected chi connectivity index (χ1v) is 8.70. The molecule has 1 N–H and O–H groups in total. The second-order valence-electron chi connectivity index (χ2n) is 5.58. The van der Waals surface area contributed by atoms with Gasteiger partial charge in [0.15, 0.2) is 11.5 Å². The van der Waals surface area contributed by atoms with E-state index in [1.165, 1.54) is 11.8 Å². The SMILES string of the molecule is CN(C)c1ccc(NC(=O)CSc2ccc3c(c2)OCCO3)cc1. The highest BCUT2D eigenvalue weighted by Gasteiger charge is 2.12. The Bertz CT molecular complexity index is 717. The Morgan fingerprint density at radius 1 is 1.08 bits per heavy atom. The Morgan fingerprint density at radius 3 is 2.50 bits per heavy atom. The van der Waals surface area contributed by atoms with E-state index in [9.17, 15) is 4.79 Å². The number of rotatable bonds is 5. The van der Waals surface area contributed by atoms with E-state index in [1.54, 1.807) is 0 Å². The summed E-state index contributed by atoms with van der Waals surface area (Å²) >= 11 is 1.47. The van der Waals surface area contributed by atoms with Gasteiger partial charge in [0, 0.05) is 30.4 Å². The van der Waals surface area contributed by atoms with E-state index in [0.717, 1.165) is 27.8 Å². The minimum absolute atomic E-state index is 0.0347. The van der Waals surface area contributed by atoms with E-state index < -0.39 is 0 Å². The van der Waals surface area contributed by atoms with Crippen LogP contribution in [0.15, 0.2) is 47.4 Å². The summed E-state index contributed by atoms with van der Waals surface area (Å²) in [5, 5.41) is 2.91. The van der Waals surface area contributed by atoms with E-state index in [4.69, 9.17) is 9.47 Å². The van der Waals surface area contributed by atoms with Crippen LogP contribution >= 0.6 is 11.8 Å². The number of fused-ring (bicyclic) bond motifs is 1. The summed E-state index contributed by atoms with van der Waals surface area (Å²) in [6, 6.07) is 13.5. The zero-order chi connectivity index (χ0) is 16.9. The maximum absolute atomic E-state index is 12.1. The van der Waals surface area contributed by atoms with Crippen LogP contribution in [-0.2, 0) is 4.79 Å². The minimum atomic E-state index is -0.0347. The molecule has 0 bridgehead atoms. The summed E-state index contributed by atoms with van der Waals surface area (Å²) in [5.41, 5.74) is 1.90. The van der Waals surface area contributed by atoms with Gasteiger partial charge in [-0.3, -0.25) is 4.79 Å². The molecule has 2 aromatic rings. The number of amides is 1. The summed E-state index contributed by atoms with van der Waals surface area (Å²) in [6.45, 7) is 1.14. The van der Waals surface area contributed by atoms with Gasteiger partial charge in [0.25, 0.3) is 0 Å². The zero-order valence-corrected chi connectivity index (χ0v) is 14.6. The molecule has 6 heteroatoms. The predicted octanol–water partition coefficient (Wildman–Crippen LogP) is 3.25. The van der Waals surface area contributed by atoms with Gasteiger partial charge >= 0.3 is 0 Å². The Kier molecular flexibility index (Phi) is 5.15. The molecule has 1 aliphatic heterocycles. The standard InChI is InChI=1S/C18H20N2O3S/c1-20(2)14-5-3-13(4-6-14)19-18(21)12-24-15-7-8-16-17(11-15)23-10-9-22-16/h3-8,11H,9-10,12H2,1-2H3,(H,19,21). The number of hydrogen-bond donors (Lipinski definition) is 1. The Balaban J connectivity index is 1.53. The van der Waals surface area contributed by atoms with Crippen molar-refractivity contribution < 1.29 is 14.3 Å². The van der Waals surface area contributed by atoms with Crippen LogP contribution in [0, 0.1) is 0 Å². The molecule has 0 radical (unpaired) electrons. The predicted molar refractivity (Wildman–Crippen MR) is 97.6 cm³/mol. The molecule has 0 atom stereocenters. The van der Waals surface area contributed by atoms with Gasteiger partial charge in [-0.25, -0.2) is 0 Å². The first-order valence-electron chi connectivity index (χ1n) is 7.71. The van der Waals surface area contributed by atoms with Crippen LogP contribution in [0.3, 0.4) is 0 Å². The largest absolute Gasteiger partial charge is 0.486 e. The van der Waals surface area contributed by atoms with E-state index in [-0.39, 0.29) is 5.91 Å². The topological polar surface area (TPSA) is 50.8 Å². The summed E-state index contributed by atoms with van der Waals surface area (Å²) in [5.74, 6) is 1.81. The molecule has 0 fully saturated rings. The molecule has 2 aromatic carbocycles. The molecule has 0 saturated heterocycles. The van der Waals surface area contributed by atoms with Crippen LogP contribution in [0.2, 0.25) is 0 Å². The molecule has 24 heavy (non-hydrogen) atoms. The van der Waals surface area contributed by atoms with Crippen molar-refractivity contribution in [3.05, 3.63) is 42.5 Å². The second kappa shape index (κ2) is 7.49. The molecule has 3 rings (SSSR count). The van der Waals surface area contributed by atoms with Crippen molar-refractivity contribution in [3.8, 4) is 11.5 Å². The van der Waals surface area contributed by atoms with Crippen LogP contribution in [0.5, 0.6) is 11.5 Å². The Morgan fingerprint density at radius 2 is 1.79 bits per heavy atom. The van der Waals surface area contributed by atoms with Crippen molar-refractivity contribution in [2.24, 2.45) is 0 Å². The third-order valence-corrected chi connectivity index (χ3v) is 4.54. The Hall–Kier alpha value is -2.34. The van der Waals surface area contributed by atoms with Crippen molar-refractivity contribution >= 4 is 29.0 Å². The molecule has 0 saturated carbocycles. The molecule has 126 valence electrons. The number of ether oxygens (including phenoxy) is 2. The Labute approximate surface area is 145 Å². The van der Waals surface area contributed by atoms with Crippen LogP contribution in [0.1, 0.15) is 0 Å². The molecule has 0 spiro atoms. The number of carbonyl (C=O) groups is 1. The molecule has 0 unspecified atom stereocenters. The molecule has 5 nitrogen and oxygen atoms in total. The quantitative estimate of drug-likeness (QED) is 0.844. The monoisotopic (exact) mass is 344 g/mol. The highest BCUT2D eigenvalue weighted by atomic mass is 32.2. The van der Waals surface area contributed by atoms with Gasteiger partial charge < -0.3 is 19.7 Å². The summed E-state index contributed by atoms with van der Waals surface area (Å²) in [4.78, 5) is 15.1. The second-order valence-corrected chi connectivity index (χ2v) is 6.63. The first-order chi connectivity index (χ1) is 11.6. The molecule has 1 amide bonds. The lowest BCUT2D eigenvalue weighted by Crippen LogP contribution is -2.15. The highest BCUT2D eigenvalue weighted by Crippen LogP contribution is 2.34. The number of hydrogen-bond acceptors (Lipinski definition) is 5. The molecule has 1 aliphatic rings. The molecule has 0 aromatic heterocycles. The van der Waals surface area contributed by atoms with Crippen LogP contribution in [0.25, 0.3) is 0 Å². The average molecular weight is 344 g/mol. The fraction of sp³-hybridized carbons (Fsp3) is 0.278. The lowest BCUT2D eigenvalue weighted by atomic mass is 10.2. The van der Waals surface area contributed by atoms with Crippen molar-refractivity contribution in [3.63, 3.8) is 0 Å². The highest BCUT2D eigenvalue weighted by molar-refractivity contribution is 8.00. The van der Waals surface area contributed by atoms with E-state index in [1.807, 2.05) is 61.5 Å². The van der Waals surface area contributed by atoms with Crippen molar-refractivity contribution in [2.45, 2.75) is 4.90 Å². The maximum atomic E-state index is 12.1.